The highest BCUT2D eigenvalue weighted by Crippen LogP contribution is 2.36. The van der Waals surface area contributed by atoms with Crippen LogP contribution in [0.15, 0.2) is 41.3 Å². The number of furan rings is 1. The zero-order valence-corrected chi connectivity index (χ0v) is 13.4. The SMILES string of the molecule is CCOC(=O)CNC(=O)c1c(O)c(-c2ccco2)cc2nccnc12. The van der Waals surface area contributed by atoms with Gasteiger partial charge in [-0.25, -0.2) is 0 Å². The molecule has 0 aliphatic carbocycles. The highest BCUT2D eigenvalue weighted by atomic mass is 16.5. The van der Waals surface area contributed by atoms with Gasteiger partial charge in [0.2, 0.25) is 0 Å². The molecule has 1 amide bonds. The van der Waals surface area contributed by atoms with Crippen LogP contribution in [0.2, 0.25) is 0 Å². The molecule has 0 bridgehead atoms. The molecule has 3 rings (SSSR count). The van der Waals surface area contributed by atoms with Gasteiger partial charge in [0.25, 0.3) is 5.91 Å². The van der Waals surface area contributed by atoms with Crippen molar-refractivity contribution in [1.82, 2.24) is 15.3 Å². The predicted molar refractivity (Wildman–Crippen MR) is 87.9 cm³/mol. The van der Waals surface area contributed by atoms with Crippen LogP contribution in [0.5, 0.6) is 5.75 Å². The number of carbonyl (C=O) groups is 2. The smallest absolute Gasteiger partial charge is 0.325 e. The highest BCUT2D eigenvalue weighted by molar-refractivity contribution is 6.10. The van der Waals surface area contributed by atoms with Gasteiger partial charge >= 0.3 is 5.97 Å². The van der Waals surface area contributed by atoms with Crippen LogP contribution in [0, 0.1) is 0 Å². The first-order valence-electron chi connectivity index (χ1n) is 7.56. The van der Waals surface area contributed by atoms with Crippen molar-refractivity contribution in [3.05, 3.63) is 42.4 Å². The van der Waals surface area contributed by atoms with E-state index in [1.807, 2.05) is 0 Å². The number of phenolic OH excluding ortho intramolecular Hbond substituents is 1. The number of hydrogen-bond acceptors (Lipinski definition) is 7. The second kappa shape index (κ2) is 7.00. The van der Waals surface area contributed by atoms with Crippen molar-refractivity contribution in [3.8, 4) is 17.1 Å². The summed E-state index contributed by atoms with van der Waals surface area (Å²) in [4.78, 5) is 32.3. The molecule has 8 heteroatoms. The van der Waals surface area contributed by atoms with E-state index in [9.17, 15) is 14.7 Å². The number of benzene rings is 1. The van der Waals surface area contributed by atoms with E-state index in [1.165, 1.54) is 18.7 Å². The fraction of sp³-hybridized carbons (Fsp3) is 0.176. The number of ether oxygens (including phenoxy) is 1. The fourth-order valence-electron chi connectivity index (χ4n) is 2.39. The van der Waals surface area contributed by atoms with Gasteiger partial charge in [-0.15, -0.1) is 0 Å². The molecule has 0 atom stereocenters. The van der Waals surface area contributed by atoms with Crippen LogP contribution in [0.1, 0.15) is 17.3 Å². The summed E-state index contributed by atoms with van der Waals surface area (Å²) in [6.07, 6.45) is 4.35. The molecule has 0 aliphatic rings. The van der Waals surface area contributed by atoms with Gasteiger partial charge in [0.15, 0.2) is 0 Å². The third kappa shape index (κ3) is 3.27. The van der Waals surface area contributed by atoms with E-state index < -0.39 is 11.9 Å². The molecule has 0 unspecified atom stereocenters. The molecule has 2 N–H and O–H groups in total. The standard InChI is InChI=1S/C17H15N3O5/c1-2-24-13(21)9-20-17(23)14-15-11(18-5-6-19-15)8-10(16(14)22)12-4-3-7-25-12/h3-8,22H,2,9H2,1H3,(H,20,23). The molecular weight excluding hydrogens is 326 g/mol. The van der Waals surface area contributed by atoms with Gasteiger partial charge in [-0.05, 0) is 25.1 Å². The van der Waals surface area contributed by atoms with Gasteiger partial charge < -0.3 is 19.6 Å². The number of carbonyl (C=O) groups excluding carboxylic acids is 2. The molecule has 25 heavy (non-hydrogen) atoms. The van der Waals surface area contributed by atoms with E-state index in [1.54, 1.807) is 25.1 Å². The van der Waals surface area contributed by atoms with Crippen molar-refractivity contribution >= 4 is 22.9 Å². The number of nitrogens with one attached hydrogen (secondary N) is 1. The fourth-order valence-corrected chi connectivity index (χ4v) is 2.39. The zero-order valence-electron chi connectivity index (χ0n) is 13.4. The number of nitrogens with zero attached hydrogens (tertiary/aromatic N) is 2. The van der Waals surface area contributed by atoms with Crippen molar-refractivity contribution in [3.63, 3.8) is 0 Å². The van der Waals surface area contributed by atoms with Crippen molar-refractivity contribution < 1.29 is 23.8 Å². The Morgan fingerprint density at radius 3 is 2.84 bits per heavy atom. The molecule has 0 spiro atoms. The van der Waals surface area contributed by atoms with Crippen LogP contribution in [-0.4, -0.2) is 40.1 Å². The second-order valence-corrected chi connectivity index (χ2v) is 5.04. The summed E-state index contributed by atoms with van der Waals surface area (Å²) in [7, 11) is 0. The Morgan fingerprint density at radius 2 is 2.12 bits per heavy atom. The lowest BCUT2D eigenvalue weighted by Gasteiger charge is -2.11. The Labute approximate surface area is 142 Å². The quantitative estimate of drug-likeness (QED) is 0.681. The Morgan fingerprint density at radius 1 is 1.32 bits per heavy atom. The van der Waals surface area contributed by atoms with Gasteiger partial charge in [0.1, 0.15) is 29.1 Å². The molecule has 0 saturated heterocycles. The number of aromatic nitrogens is 2. The summed E-state index contributed by atoms with van der Waals surface area (Å²) in [5.41, 5.74) is 0.852. The number of esters is 1. The summed E-state index contributed by atoms with van der Waals surface area (Å²) in [6.45, 7) is 1.56. The molecule has 3 aromatic rings. The second-order valence-electron chi connectivity index (χ2n) is 5.04. The Hall–Kier alpha value is -3.42. The molecule has 0 fully saturated rings. The predicted octanol–water partition coefficient (Wildman–Crippen LogP) is 1.89. The largest absolute Gasteiger partial charge is 0.506 e. The lowest BCUT2D eigenvalue weighted by Crippen LogP contribution is -2.31. The third-order valence-electron chi connectivity index (χ3n) is 3.45. The summed E-state index contributed by atoms with van der Waals surface area (Å²) in [5.74, 6) is -1.16. The van der Waals surface area contributed by atoms with Crippen LogP contribution in [-0.2, 0) is 9.53 Å². The zero-order chi connectivity index (χ0) is 17.8. The molecule has 0 aliphatic heterocycles. The number of hydrogen-bond donors (Lipinski definition) is 2. The Kier molecular flexibility index (Phi) is 4.60. The number of aromatic hydroxyl groups is 1. The summed E-state index contributed by atoms with van der Waals surface area (Å²) in [5, 5.41) is 13.0. The summed E-state index contributed by atoms with van der Waals surface area (Å²) >= 11 is 0. The van der Waals surface area contributed by atoms with Crippen molar-refractivity contribution in [2.75, 3.05) is 13.2 Å². The minimum absolute atomic E-state index is 0.0821. The van der Waals surface area contributed by atoms with E-state index in [0.29, 0.717) is 16.8 Å². The van der Waals surface area contributed by atoms with E-state index in [2.05, 4.69) is 15.3 Å². The summed E-state index contributed by atoms with van der Waals surface area (Å²) in [6, 6.07) is 4.90. The number of fused-ring (bicyclic) bond motifs is 1. The van der Waals surface area contributed by atoms with Crippen LogP contribution < -0.4 is 5.32 Å². The van der Waals surface area contributed by atoms with Gasteiger partial charge in [0, 0.05) is 12.4 Å². The van der Waals surface area contributed by atoms with Gasteiger partial charge in [0.05, 0.1) is 24.0 Å². The normalized spacial score (nSPS) is 10.6. The highest BCUT2D eigenvalue weighted by Gasteiger charge is 2.23. The van der Waals surface area contributed by atoms with Crippen molar-refractivity contribution in [2.24, 2.45) is 0 Å². The van der Waals surface area contributed by atoms with Gasteiger partial charge in [-0.3, -0.25) is 19.6 Å². The molecule has 128 valence electrons. The number of rotatable bonds is 5. The number of phenols is 1. The summed E-state index contributed by atoms with van der Waals surface area (Å²) < 4.78 is 10.1. The van der Waals surface area contributed by atoms with Crippen molar-refractivity contribution in [2.45, 2.75) is 6.92 Å². The maximum atomic E-state index is 12.5. The van der Waals surface area contributed by atoms with Crippen LogP contribution in [0.25, 0.3) is 22.4 Å². The maximum Gasteiger partial charge on any atom is 0.325 e. The van der Waals surface area contributed by atoms with Crippen LogP contribution in [0.4, 0.5) is 0 Å². The molecule has 1 aromatic carbocycles. The molecule has 0 radical (unpaired) electrons. The molecular formula is C17H15N3O5. The molecule has 2 heterocycles. The topological polar surface area (TPSA) is 115 Å². The van der Waals surface area contributed by atoms with Crippen LogP contribution >= 0.6 is 0 Å². The Bertz CT molecular complexity index is 921. The monoisotopic (exact) mass is 341 g/mol. The lowest BCUT2D eigenvalue weighted by molar-refractivity contribution is -0.141. The average Bonchev–Trinajstić information content (AvgIpc) is 3.14. The van der Waals surface area contributed by atoms with Gasteiger partial charge in [-0.2, -0.15) is 0 Å². The Balaban J connectivity index is 2.05. The lowest BCUT2D eigenvalue weighted by atomic mass is 10.0. The average molecular weight is 341 g/mol. The minimum atomic E-state index is -0.663. The molecule has 2 aromatic heterocycles. The van der Waals surface area contributed by atoms with Crippen molar-refractivity contribution in [1.29, 1.82) is 0 Å². The first-order chi connectivity index (χ1) is 12.1. The van der Waals surface area contributed by atoms with E-state index in [4.69, 9.17) is 9.15 Å². The first-order valence-corrected chi connectivity index (χ1v) is 7.56. The molecule has 0 saturated carbocycles. The third-order valence-corrected chi connectivity index (χ3v) is 3.45. The van der Waals surface area contributed by atoms with Crippen LogP contribution in [0.3, 0.4) is 0 Å². The van der Waals surface area contributed by atoms with Gasteiger partial charge in [-0.1, -0.05) is 0 Å². The number of amides is 1. The van der Waals surface area contributed by atoms with E-state index >= 15 is 0 Å². The van der Waals surface area contributed by atoms with E-state index in [-0.39, 0.29) is 30.0 Å². The van der Waals surface area contributed by atoms with E-state index in [0.717, 1.165) is 0 Å². The molecule has 8 nitrogen and oxygen atoms in total. The maximum absolute atomic E-state index is 12.5. The minimum Gasteiger partial charge on any atom is -0.506 e. The first kappa shape index (κ1) is 16.4.